The third-order valence-electron chi connectivity index (χ3n) is 3.47. The van der Waals surface area contributed by atoms with E-state index >= 15 is 0 Å². The highest BCUT2D eigenvalue weighted by Gasteiger charge is 2.38. The number of rotatable bonds is 4. The average Bonchev–Trinajstić information content (AvgIpc) is 2.85. The number of hydrogen-bond acceptors (Lipinski definition) is 2. The summed E-state index contributed by atoms with van der Waals surface area (Å²) in [5.41, 5.74) is 0. The van der Waals surface area contributed by atoms with Crippen molar-refractivity contribution in [2.45, 2.75) is 31.7 Å². The fourth-order valence-corrected chi connectivity index (χ4v) is 3.01. The van der Waals surface area contributed by atoms with Crippen LogP contribution in [0.15, 0.2) is 0 Å². The Morgan fingerprint density at radius 1 is 1.53 bits per heavy atom. The molecule has 2 bridgehead atoms. The minimum atomic E-state index is 0.734. The first kappa shape index (κ1) is 11.1. The van der Waals surface area contributed by atoms with Crippen molar-refractivity contribution < 1.29 is 4.74 Å². The molecule has 1 aliphatic carbocycles. The van der Waals surface area contributed by atoms with Crippen LogP contribution in [0.3, 0.4) is 0 Å². The van der Waals surface area contributed by atoms with Gasteiger partial charge in [0.05, 0.1) is 0 Å². The van der Waals surface area contributed by atoms with Crippen molar-refractivity contribution in [2.24, 2.45) is 5.92 Å². The van der Waals surface area contributed by atoms with E-state index in [-0.39, 0.29) is 0 Å². The quantitative estimate of drug-likeness (QED) is 0.580. The number of piperidine rings is 1. The standard InChI is InChI=1S/C11H20N2OS/c1-14-6-2-5-12-11(15)13-8-9-3-4-10(13)7-9/h9-10H,2-8H2,1H3,(H,12,15). The fourth-order valence-electron chi connectivity index (χ4n) is 2.69. The van der Waals surface area contributed by atoms with Crippen LogP contribution in [0.4, 0.5) is 0 Å². The second-order valence-corrected chi connectivity index (χ2v) is 4.95. The molecule has 1 saturated carbocycles. The molecule has 1 saturated heterocycles. The molecule has 86 valence electrons. The summed E-state index contributed by atoms with van der Waals surface area (Å²) in [5, 5.41) is 4.28. The van der Waals surface area contributed by atoms with Crippen LogP contribution in [0.25, 0.3) is 0 Å². The zero-order valence-electron chi connectivity index (χ0n) is 9.37. The van der Waals surface area contributed by atoms with Crippen molar-refractivity contribution in [3.05, 3.63) is 0 Å². The van der Waals surface area contributed by atoms with E-state index < -0.39 is 0 Å². The number of thiocarbonyl (C=S) groups is 1. The number of ether oxygens (including phenoxy) is 1. The summed E-state index contributed by atoms with van der Waals surface area (Å²) < 4.78 is 5.00. The topological polar surface area (TPSA) is 24.5 Å². The first-order valence-corrected chi connectivity index (χ1v) is 6.25. The monoisotopic (exact) mass is 228 g/mol. The third kappa shape index (κ3) is 2.61. The van der Waals surface area contributed by atoms with Gasteiger partial charge in [0.2, 0.25) is 0 Å². The van der Waals surface area contributed by atoms with E-state index in [2.05, 4.69) is 10.2 Å². The lowest BCUT2D eigenvalue weighted by Crippen LogP contribution is -2.44. The lowest BCUT2D eigenvalue weighted by atomic mass is 10.1. The van der Waals surface area contributed by atoms with Gasteiger partial charge in [-0.2, -0.15) is 0 Å². The highest BCUT2D eigenvalue weighted by Crippen LogP contribution is 2.37. The van der Waals surface area contributed by atoms with Crippen LogP contribution in [0.2, 0.25) is 0 Å². The summed E-state index contributed by atoms with van der Waals surface area (Å²) in [7, 11) is 1.73. The summed E-state index contributed by atoms with van der Waals surface area (Å²) in [4.78, 5) is 2.39. The van der Waals surface area contributed by atoms with E-state index in [0.717, 1.165) is 36.6 Å². The summed E-state index contributed by atoms with van der Waals surface area (Å²) in [6.45, 7) is 2.92. The Morgan fingerprint density at radius 2 is 2.40 bits per heavy atom. The summed E-state index contributed by atoms with van der Waals surface area (Å²) in [5.74, 6) is 0.911. The van der Waals surface area contributed by atoms with Gasteiger partial charge in [-0.3, -0.25) is 0 Å². The zero-order valence-corrected chi connectivity index (χ0v) is 10.2. The van der Waals surface area contributed by atoms with Gasteiger partial charge in [-0.05, 0) is 43.8 Å². The first-order chi connectivity index (χ1) is 7.31. The number of nitrogens with zero attached hydrogens (tertiary/aromatic N) is 1. The Balaban J connectivity index is 1.68. The smallest absolute Gasteiger partial charge is 0.169 e. The van der Waals surface area contributed by atoms with E-state index in [1.54, 1.807) is 7.11 Å². The molecule has 1 N–H and O–H groups in total. The molecule has 0 aromatic rings. The third-order valence-corrected chi connectivity index (χ3v) is 3.85. The van der Waals surface area contributed by atoms with E-state index in [4.69, 9.17) is 17.0 Å². The number of hydrogen-bond donors (Lipinski definition) is 1. The van der Waals surface area contributed by atoms with Gasteiger partial charge < -0.3 is 15.0 Å². The summed E-state index contributed by atoms with van der Waals surface area (Å²) in [6.07, 6.45) is 5.14. The summed E-state index contributed by atoms with van der Waals surface area (Å²) in [6, 6.07) is 0.734. The largest absolute Gasteiger partial charge is 0.385 e. The van der Waals surface area contributed by atoms with Crippen molar-refractivity contribution in [3.63, 3.8) is 0 Å². The molecular formula is C11H20N2OS. The Morgan fingerprint density at radius 3 is 3.00 bits per heavy atom. The molecular weight excluding hydrogens is 208 g/mol. The Labute approximate surface area is 97.2 Å². The van der Waals surface area contributed by atoms with Gasteiger partial charge in [-0.15, -0.1) is 0 Å². The maximum absolute atomic E-state index is 5.40. The molecule has 2 atom stereocenters. The lowest BCUT2D eigenvalue weighted by Gasteiger charge is -2.29. The molecule has 0 spiro atoms. The molecule has 2 fully saturated rings. The van der Waals surface area contributed by atoms with Crippen molar-refractivity contribution in [3.8, 4) is 0 Å². The second kappa shape index (κ2) is 5.12. The minimum absolute atomic E-state index is 0.734. The second-order valence-electron chi connectivity index (χ2n) is 4.56. The molecule has 15 heavy (non-hydrogen) atoms. The molecule has 1 aliphatic heterocycles. The minimum Gasteiger partial charge on any atom is -0.385 e. The van der Waals surface area contributed by atoms with Crippen LogP contribution < -0.4 is 5.32 Å². The number of nitrogens with one attached hydrogen (secondary N) is 1. The van der Waals surface area contributed by atoms with Gasteiger partial charge in [0.25, 0.3) is 0 Å². The predicted octanol–water partition coefficient (Wildman–Crippen LogP) is 1.38. The van der Waals surface area contributed by atoms with Crippen LogP contribution in [-0.2, 0) is 4.74 Å². The summed E-state index contributed by atoms with van der Waals surface area (Å²) >= 11 is 5.40. The molecule has 3 nitrogen and oxygen atoms in total. The molecule has 2 aliphatic rings. The van der Waals surface area contributed by atoms with Crippen molar-refractivity contribution in [1.29, 1.82) is 0 Å². The van der Waals surface area contributed by atoms with Gasteiger partial charge in [0.1, 0.15) is 0 Å². The molecule has 2 unspecified atom stereocenters. The fraction of sp³-hybridized carbons (Fsp3) is 0.909. The van der Waals surface area contributed by atoms with Gasteiger partial charge in [-0.25, -0.2) is 0 Å². The van der Waals surface area contributed by atoms with Gasteiger partial charge in [0, 0.05) is 32.8 Å². The van der Waals surface area contributed by atoms with Crippen LogP contribution in [0, 0.1) is 5.92 Å². The van der Waals surface area contributed by atoms with E-state index in [1.807, 2.05) is 0 Å². The maximum atomic E-state index is 5.40. The van der Waals surface area contributed by atoms with Gasteiger partial charge in [-0.1, -0.05) is 0 Å². The van der Waals surface area contributed by atoms with Crippen molar-refractivity contribution in [1.82, 2.24) is 10.2 Å². The lowest BCUT2D eigenvalue weighted by molar-refractivity contribution is 0.195. The van der Waals surface area contributed by atoms with E-state index in [0.29, 0.717) is 0 Å². The Kier molecular flexibility index (Phi) is 3.81. The number of likely N-dealkylation sites (tertiary alicyclic amines) is 1. The van der Waals surface area contributed by atoms with Gasteiger partial charge in [0.15, 0.2) is 5.11 Å². The molecule has 0 aromatic heterocycles. The average molecular weight is 228 g/mol. The molecule has 1 heterocycles. The van der Waals surface area contributed by atoms with E-state index in [9.17, 15) is 0 Å². The van der Waals surface area contributed by atoms with E-state index in [1.165, 1.54) is 25.8 Å². The van der Waals surface area contributed by atoms with Crippen LogP contribution in [0.1, 0.15) is 25.7 Å². The first-order valence-electron chi connectivity index (χ1n) is 5.84. The number of methoxy groups -OCH3 is 1. The van der Waals surface area contributed by atoms with Crippen molar-refractivity contribution >= 4 is 17.3 Å². The SMILES string of the molecule is COCCCNC(=S)N1CC2CCC1C2. The Hall–Kier alpha value is -0.350. The molecule has 0 radical (unpaired) electrons. The normalized spacial score (nSPS) is 28.5. The van der Waals surface area contributed by atoms with Crippen LogP contribution in [-0.4, -0.2) is 42.9 Å². The van der Waals surface area contributed by atoms with Crippen LogP contribution >= 0.6 is 12.2 Å². The van der Waals surface area contributed by atoms with Crippen molar-refractivity contribution in [2.75, 3.05) is 26.8 Å². The molecule has 2 rings (SSSR count). The van der Waals surface area contributed by atoms with Gasteiger partial charge >= 0.3 is 0 Å². The highest BCUT2D eigenvalue weighted by molar-refractivity contribution is 7.80. The molecule has 0 amide bonds. The molecule has 4 heteroatoms. The number of fused-ring (bicyclic) bond motifs is 2. The zero-order chi connectivity index (χ0) is 10.7. The highest BCUT2D eigenvalue weighted by atomic mass is 32.1. The molecule has 0 aromatic carbocycles. The maximum Gasteiger partial charge on any atom is 0.169 e. The Bertz CT molecular complexity index is 235. The van der Waals surface area contributed by atoms with Crippen LogP contribution in [0.5, 0.6) is 0 Å². The predicted molar refractivity (Wildman–Crippen MR) is 64.9 cm³/mol.